The van der Waals surface area contributed by atoms with E-state index in [0.717, 1.165) is 5.56 Å². The number of ether oxygens (including phenoxy) is 1. The molecule has 0 amide bonds. The van der Waals surface area contributed by atoms with Crippen molar-refractivity contribution < 1.29 is 14.6 Å². The van der Waals surface area contributed by atoms with Gasteiger partial charge in [0.05, 0.1) is 20.1 Å². The molecule has 1 heterocycles. The number of carbonyl (C=O) groups is 1. The molecule has 0 bridgehead atoms. The van der Waals surface area contributed by atoms with Crippen LogP contribution < -0.4 is 10.6 Å². The van der Waals surface area contributed by atoms with Crippen molar-refractivity contribution in [2.24, 2.45) is 4.99 Å². The number of thiophene rings is 1. The van der Waals surface area contributed by atoms with Gasteiger partial charge in [-0.25, -0.2) is 4.99 Å². The van der Waals surface area contributed by atoms with E-state index in [2.05, 4.69) is 20.4 Å². The van der Waals surface area contributed by atoms with Crippen LogP contribution in [0, 0.1) is 0 Å². The maximum absolute atomic E-state index is 11.1. The van der Waals surface area contributed by atoms with Crippen molar-refractivity contribution in [3.05, 3.63) is 22.4 Å². The standard InChI is InChI=1S/C14H23N3O3S.HI/c1-4-15-13(16-7-5-12(18)20-3)17-10-14(2,19)11-6-8-21-9-11;/h6,8-9,19H,4-5,7,10H2,1-3H3,(H2,15,16,17);1H. The number of halogens is 1. The summed E-state index contributed by atoms with van der Waals surface area (Å²) in [5.74, 6) is 0.292. The molecule has 1 rings (SSSR count). The summed E-state index contributed by atoms with van der Waals surface area (Å²) in [6, 6.07) is 1.89. The third kappa shape index (κ3) is 7.41. The lowest BCUT2D eigenvalue weighted by Gasteiger charge is -2.21. The average molecular weight is 441 g/mol. The van der Waals surface area contributed by atoms with Gasteiger partial charge in [0.1, 0.15) is 5.60 Å². The second-order valence-electron chi connectivity index (χ2n) is 4.73. The van der Waals surface area contributed by atoms with Crippen LogP contribution in [0.3, 0.4) is 0 Å². The molecule has 0 aromatic carbocycles. The Kier molecular flexibility index (Phi) is 10.4. The molecule has 0 spiro atoms. The molecule has 0 aliphatic rings. The number of hydrogen-bond acceptors (Lipinski definition) is 5. The molecule has 1 unspecified atom stereocenters. The quantitative estimate of drug-likeness (QED) is 0.260. The minimum Gasteiger partial charge on any atom is -0.469 e. The van der Waals surface area contributed by atoms with Crippen LogP contribution in [0.2, 0.25) is 0 Å². The van der Waals surface area contributed by atoms with E-state index in [0.29, 0.717) is 19.0 Å². The number of hydrogen-bond donors (Lipinski definition) is 3. The molecular weight excluding hydrogens is 417 g/mol. The van der Waals surface area contributed by atoms with Crippen molar-refractivity contribution in [1.29, 1.82) is 0 Å². The summed E-state index contributed by atoms with van der Waals surface area (Å²) in [5, 5.41) is 20.4. The molecule has 3 N–H and O–H groups in total. The van der Waals surface area contributed by atoms with Gasteiger partial charge in [-0.3, -0.25) is 4.79 Å². The zero-order valence-electron chi connectivity index (χ0n) is 13.1. The first kappa shape index (κ1) is 21.1. The average Bonchev–Trinajstić information content (AvgIpc) is 2.99. The predicted molar refractivity (Wildman–Crippen MR) is 99.9 cm³/mol. The van der Waals surface area contributed by atoms with E-state index in [-0.39, 0.29) is 42.9 Å². The van der Waals surface area contributed by atoms with Crippen LogP contribution in [-0.4, -0.2) is 43.8 Å². The van der Waals surface area contributed by atoms with E-state index >= 15 is 0 Å². The van der Waals surface area contributed by atoms with E-state index in [4.69, 9.17) is 0 Å². The molecular formula is C14H24IN3O3S. The van der Waals surface area contributed by atoms with Gasteiger partial charge in [-0.05, 0) is 36.2 Å². The van der Waals surface area contributed by atoms with Crippen LogP contribution in [0.25, 0.3) is 0 Å². The lowest BCUT2D eigenvalue weighted by molar-refractivity contribution is -0.140. The topological polar surface area (TPSA) is 83.0 Å². The fourth-order valence-corrected chi connectivity index (χ4v) is 2.40. The number of carbonyl (C=O) groups excluding carboxylic acids is 1. The Balaban J connectivity index is 0.00000441. The Labute approximate surface area is 152 Å². The van der Waals surface area contributed by atoms with Gasteiger partial charge in [0.25, 0.3) is 0 Å². The van der Waals surface area contributed by atoms with Crippen LogP contribution in [-0.2, 0) is 15.1 Å². The van der Waals surface area contributed by atoms with Crippen LogP contribution in [0.5, 0.6) is 0 Å². The predicted octanol–water partition coefficient (Wildman–Crippen LogP) is 1.69. The lowest BCUT2D eigenvalue weighted by atomic mass is 10.00. The summed E-state index contributed by atoms with van der Waals surface area (Å²) in [5.41, 5.74) is -0.160. The number of rotatable bonds is 7. The summed E-state index contributed by atoms with van der Waals surface area (Å²) in [6.07, 6.45) is 0.266. The van der Waals surface area contributed by atoms with Gasteiger partial charge in [-0.15, -0.1) is 24.0 Å². The molecule has 8 heteroatoms. The number of aliphatic imine (C=N–C) groups is 1. The van der Waals surface area contributed by atoms with E-state index in [1.165, 1.54) is 18.4 Å². The first-order chi connectivity index (χ1) is 9.99. The number of aliphatic hydroxyl groups is 1. The Bertz CT molecular complexity index is 464. The molecule has 0 fully saturated rings. The van der Waals surface area contributed by atoms with E-state index in [1.54, 1.807) is 6.92 Å². The minimum atomic E-state index is -1.01. The largest absolute Gasteiger partial charge is 0.469 e. The van der Waals surface area contributed by atoms with Crippen molar-refractivity contribution in [3.63, 3.8) is 0 Å². The minimum absolute atomic E-state index is 0. The Morgan fingerprint density at radius 1 is 1.50 bits per heavy atom. The van der Waals surface area contributed by atoms with Gasteiger partial charge < -0.3 is 20.5 Å². The molecule has 1 aromatic rings. The SMILES string of the molecule is CCNC(=NCC(C)(O)c1ccsc1)NCCC(=O)OC.I. The number of nitrogens with zero attached hydrogens (tertiary/aromatic N) is 1. The normalized spacial score (nSPS) is 13.7. The van der Waals surface area contributed by atoms with Crippen molar-refractivity contribution in [3.8, 4) is 0 Å². The van der Waals surface area contributed by atoms with Crippen molar-refractivity contribution in [2.75, 3.05) is 26.7 Å². The summed E-state index contributed by atoms with van der Waals surface area (Å²) in [4.78, 5) is 15.4. The molecule has 6 nitrogen and oxygen atoms in total. The lowest BCUT2D eigenvalue weighted by Crippen LogP contribution is -2.39. The molecule has 0 saturated carbocycles. The third-order valence-corrected chi connectivity index (χ3v) is 3.56. The fourth-order valence-electron chi connectivity index (χ4n) is 1.62. The highest BCUT2D eigenvalue weighted by Crippen LogP contribution is 2.23. The van der Waals surface area contributed by atoms with Crippen LogP contribution >= 0.6 is 35.3 Å². The van der Waals surface area contributed by atoms with Gasteiger partial charge in [0.15, 0.2) is 5.96 Å². The molecule has 0 saturated heterocycles. The first-order valence-corrected chi connectivity index (χ1v) is 7.78. The van der Waals surface area contributed by atoms with Crippen LogP contribution in [0.15, 0.2) is 21.8 Å². The third-order valence-electron chi connectivity index (χ3n) is 2.88. The van der Waals surface area contributed by atoms with Crippen LogP contribution in [0.1, 0.15) is 25.8 Å². The Morgan fingerprint density at radius 2 is 2.23 bits per heavy atom. The van der Waals surface area contributed by atoms with Crippen molar-refractivity contribution in [2.45, 2.75) is 25.9 Å². The smallest absolute Gasteiger partial charge is 0.307 e. The highest BCUT2D eigenvalue weighted by Gasteiger charge is 2.23. The maximum atomic E-state index is 11.1. The highest BCUT2D eigenvalue weighted by molar-refractivity contribution is 14.0. The first-order valence-electron chi connectivity index (χ1n) is 6.83. The highest BCUT2D eigenvalue weighted by atomic mass is 127. The second-order valence-corrected chi connectivity index (χ2v) is 5.51. The number of guanidine groups is 1. The maximum Gasteiger partial charge on any atom is 0.307 e. The van der Waals surface area contributed by atoms with Gasteiger partial charge in [0, 0.05) is 13.1 Å². The molecule has 1 atom stereocenters. The summed E-state index contributed by atoms with van der Waals surface area (Å²) < 4.78 is 4.58. The molecule has 1 aromatic heterocycles. The number of esters is 1. The zero-order chi connectivity index (χ0) is 15.7. The van der Waals surface area contributed by atoms with E-state index < -0.39 is 5.60 Å². The Morgan fingerprint density at radius 3 is 2.77 bits per heavy atom. The van der Waals surface area contributed by atoms with Gasteiger partial charge >= 0.3 is 5.97 Å². The number of nitrogens with one attached hydrogen (secondary N) is 2. The van der Waals surface area contributed by atoms with E-state index in [1.807, 2.05) is 23.8 Å². The molecule has 0 radical (unpaired) electrons. The molecule has 126 valence electrons. The summed E-state index contributed by atoms with van der Waals surface area (Å²) in [7, 11) is 1.36. The number of methoxy groups -OCH3 is 1. The second kappa shape index (κ2) is 10.8. The molecule has 22 heavy (non-hydrogen) atoms. The summed E-state index contributed by atoms with van der Waals surface area (Å²) >= 11 is 1.54. The zero-order valence-corrected chi connectivity index (χ0v) is 16.2. The molecule has 0 aliphatic heterocycles. The van der Waals surface area contributed by atoms with Gasteiger partial charge in [-0.2, -0.15) is 11.3 Å². The fraction of sp³-hybridized carbons (Fsp3) is 0.571. The van der Waals surface area contributed by atoms with E-state index in [9.17, 15) is 9.90 Å². The van der Waals surface area contributed by atoms with Crippen molar-refractivity contribution in [1.82, 2.24) is 10.6 Å². The Hall–Kier alpha value is -0.870. The van der Waals surface area contributed by atoms with Crippen molar-refractivity contribution >= 4 is 47.2 Å². The van der Waals surface area contributed by atoms with Gasteiger partial charge in [0.2, 0.25) is 0 Å². The molecule has 0 aliphatic carbocycles. The summed E-state index contributed by atoms with van der Waals surface area (Å²) in [6.45, 7) is 5.05. The van der Waals surface area contributed by atoms with Gasteiger partial charge in [-0.1, -0.05) is 0 Å². The van der Waals surface area contributed by atoms with Crippen LogP contribution in [0.4, 0.5) is 0 Å². The monoisotopic (exact) mass is 441 g/mol.